The van der Waals surface area contributed by atoms with Gasteiger partial charge < -0.3 is 10.1 Å². The molecule has 0 aliphatic carbocycles. The van der Waals surface area contributed by atoms with Gasteiger partial charge in [-0.25, -0.2) is 4.39 Å². The molecule has 2 aromatic carbocycles. The molecule has 0 bridgehead atoms. The predicted octanol–water partition coefficient (Wildman–Crippen LogP) is 3.99. The highest BCUT2D eigenvalue weighted by atomic mass is 19.1. The number of aryl methyl sites for hydroxylation is 1. The molecule has 0 amide bonds. The average Bonchev–Trinajstić information content (AvgIpc) is 2.48. The van der Waals surface area contributed by atoms with E-state index in [0.717, 1.165) is 11.3 Å². The Morgan fingerprint density at radius 1 is 1.15 bits per heavy atom. The van der Waals surface area contributed by atoms with Crippen molar-refractivity contribution < 1.29 is 9.13 Å². The second-order valence-electron chi connectivity index (χ2n) is 4.96. The largest absolute Gasteiger partial charge is 0.497 e. The van der Waals surface area contributed by atoms with Crippen LogP contribution in [0.4, 0.5) is 4.39 Å². The summed E-state index contributed by atoms with van der Waals surface area (Å²) < 4.78 is 18.3. The number of halogens is 1. The zero-order chi connectivity index (χ0) is 14.5. The van der Waals surface area contributed by atoms with Crippen LogP contribution < -0.4 is 10.1 Å². The highest BCUT2D eigenvalue weighted by Gasteiger charge is 2.06. The molecule has 0 aliphatic rings. The van der Waals surface area contributed by atoms with Gasteiger partial charge in [0, 0.05) is 12.6 Å². The number of methoxy groups -OCH3 is 1. The van der Waals surface area contributed by atoms with Gasteiger partial charge in [0.15, 0.2) is 0 Å². The summed E-state index contributed by atoms with van der Waals surface area (Å²) in [4.78, 5) is 0. The highest BCUT2D eigenvalue weighted by Crippen LogP contribution is 2.18. The maximum absolute atomic E-state index is 13.2. The molecule has 0 heterocycles. The Morgan fingerprint density at radius 3 is 2.45 bits per heavy atom. The lowest BCUT2D eigenvalue weighted by atomic mass is 10.1. The van der Waals surface area contributed by atoms with Crippen LogP contribution in [-0.2, 0) is 6.54 Å². The quantitative estimate of drug-likeness (QED) is 0.889. The van der Waals surface area contributed by atoms with Gasteiger partial charge in [0.05, 0.1) is 7.11 Å². The van der Waals surface area contributed by atoms with E-state index in [1.807, 2.05) is 36.4 Å². The van der Waals surface area contributed by atoms with E-state index in [1.165, 1.54) is 11.6 Å². The van der Waals surface area contributed by atoms with E-state index in [2.05, 4.69) is 12.2 Å². The SMILES string of the molecule is COc1ccc(C(C)NCc2ccc(F)c(C)c2)cc1. The lowest BCUT2D eigenvalue weighted by molar-refractivity contribution is 0.414. The molecule has 1 N–H and O–H groups in total. The fourth-order valence-corrected chi connectivity index (χ4v) is 2.10. The molecule has 1 atom stereocenters. The molecule has 0 fully saturated rings. The Morgan fingerprint density at radius 2 is 1.85 bits per heavy atom. The van der Waals surface area contributed by atoms with Crippen molar-refractivity contribution in [3.8, 4) is 5.75 Å². The molecule has 2 aromatic rings. The Hall–Kier alpha value is -1.87. The molecular weight excluding hydrogens is 253 g/mol. The Labute approximate surface area is 119 Å². The maximum Gasteiger partial charge on any atom is 0.126 e. The topological polar surface area (TPSA) is 21.3 Å². The van der Waals surface area contributed by atoms with Crippen LogP contribution in [0.25, 0.3) is 0 Å². The van der Waals surface area contributed by atoms with E-state index in [0.29, 0.717) is 12.1 Å². The van der Waals surface area contributed by atoms with Gasteiger partial charge in [0.2, 0.25) is 0 Å². The number of hydrogen-bond acceptors (Lipinski definition) is 2. The number of benzene rings is 2. The minimum Gasteiger partial charge on any atom is -0.497 e. The minimum absolute atomic E-state index is 0.156. The van der Waals surface area contributed by atoms with Crippen molar-refractivity contribution in [1.82, 2.24) is 5.32 Å². The van der Waals surface area contributed by atoms with Crippen molar-refractivity contribution in [3.05, 3.63) is 65.0 Å². The van der Waals surface area contributed by atoms with Crippen LogP contribution in [0, 0.1) is 12.7 Å². The smallest absolute Gasteiger partial charge is 0.126 e. The molecule has 0 saturated carbocycles. The molecule has 20 heavy (non-hydrogen) atoms. The Bertz CT molecular complexity index is 566. The van der Waals surface area contributed by atoms with Crippen molar-refractivity contribution in [2.75, 3.05) is 7.11 Å². The van der Waals surface area contributed by atoms with Gasteiger partial charge in [-0.3, -0.25) is 0 Å². The monoisotopic (exact) mass is 273 g/mol. The minimum atomic E-state index is -0.156. The van der Waals surface area contributed by atoms with Crippen molar-refractivity contribution in [1.29, 1.82) is 0 Å². The van der Waals surface area contributed by atoms with E-state index in [4.69, 9.17) is 4.74 Å². The molecule has 0 aliphatic heterocycles. The zero-order valence-corrected chi connectivity index (χ0v) is 12.1. The second-order valence-corrected chi connectivity index (χ2v) is 4.96. The fourth-order valence-electron chi connectivity index (χ4n) is 2.10. The molecule has 2 rings (SSSR count). The predicted molar refractivity (Wildman–Crippen MR) is 79.4 cm³/mol. The molecule has 0 aromatic heterocycles. The first kappa shape index (κ1) is 14.5. The van der Waals surface area contributed by atoms with E-state index in [-0.39, 0.29) is 11.9 Å². The zero-order valence-electron chi connectivity index (χ0n) is 12.1. The van der Waals surface area contributed by atoms with Crippen molar-refractivity contribution in [2.24, 2.45) is 0 Å². The van der Waals surface area contributed by atoms with Gasteiger partial charge in [-0.05, 0) is 48.7 Å². The standard InChI is InChI=1S/C17H20FNO/c1-12-10-14(4-9-17(12)18)11-19-13(2)15-5-7-16(20-3)8-6-15/h4-10,13,19H,11H2,1-3H3. The Balaban J connectivity index is 1.96. The lowest BCUT2D eigenvalue weighted by Gasteiger charge is -2.15. The summed E-state index contributed by atoms with van der Waals surface area (Å²) in [6.45, 7) is 4.61. The van der Waals surface area contributed by atoms with Crippen molar-refractivity contribution in [3.63, 3.8) is 0 Å². The third-order valence-electron chi connectivity index (χ3n) is 3.45. The van der Waals surface area contributed by atoms with E-state index in [1.54, 1.807) is 14.0 Å². The van der Waals surface area contributed by atoms with Gasteiger partial charge in [0.1, 0.15) is 11.6 Å². The number of nitrogens with one attached hydrogen (secondary N) is 1. The van der Waals surface area contributed by atoms with Crippen molar-refractivity contribution in [2.45, 2.75) is 26.4 Å². The first-order valence-corrected chi connectivity index (χ1v) is 6.72. The third-order valence-corrected chi connectivity index (χ3v) is 3.45. The number of hydrogen-bond donors (Lipinski definition) is 1. The molecular formula is C17H20FNO. The summed E-state index contributed by atoms with van der Waals surface area (Å²) in [5.74, 6) is 0.701. The third kappa shape index (κ3) is 3.58. The number of ether oxygens (including phenoxy) is 1. The molecule has 3 heteroatoms. The maximum atomic E-state index is 13.2. The second kappa shape index (κ2) is 6.53. The molecule has 0 spiro atoms. The van der Waals surface area contributed by atoms with Gasteiger partial charge in [0.25, 0.3) is 0 Å². The average molecular weight is 273 g/mol. The molecule has 2 nitrogen and oxygen atoms in total. The van der Waals surface area contributed by atoms with Crippen LogP contribution in [0.1, 0.15) is 29.7 Å². The van der Waals surface area contributed by atoms with Crippen LogP contribution in [0.2, 0.25) is 0 Å². The molecule has 106 valence electrons. The summed E-state index contributed by atoms with van der Waals surface area (Å²) in [6, 6.07) is 13.4. The Kier molecular flexibility index (Phi) is 4.74. The highest BCUT2D eigenvalue weighted by molar-refractivity contribution is 5.29. The van der Waals surface area contributed by atoms with Crippen LogP contribution in [-0.4, -0.2) is 7.11 Å². The lowest BCUT2D eigenvalue weighted by Crippen LogP contribution is -2.18. The number of rotatable bonds is 5. The van der Waals surface area contributed by atoms with E-state index in [9.17, 15) is 4.39 Å². The van der Waals surface area contributed by atoms with E-state index >= 15 is 0 Å². The first-order chi connectivity index (χ1) is 9.60. The summed E-state index contributed by atoms with van der Waals surface area (Å²) in [5, 5.41) is 3.44. The van der Waals surface area contributed by atoms with Gasteiger partial charge in [-0.1, -0.05) is 24.3 Å². The summed E-state index contributed by atoms with van der Waals surface area (Å²) >= 11 is 0. The molecule has 0 radical (unpaired) electrons. The fraction of sp³-hybridized carbons (Fsp3) is 0.294. The van der Waals surface area contributed by atoms with Crippen LogP contribution >= 0.6 is 0 Å². The summed E-state index contributed by atoms with van der Waals surface area (Å²) in [5.41, 5.74) is 2.97. The van der Waals surface area contributed by atoms with Crippen LogP contribution in [0.3, 0.4) is 0 Å². The van der Waals surface area contributed by atoms with Gasteiger partial charge in [-0.2, -0.15) is 0 Å². The van der Waals surface area contributed by atoms with Crippen LogP contribution in [0.5, 0.6) is 5.75 Å². The molecule has 0 saturated heterocycles. The first-order valence-electron chi connectivity index (χ1n) is 6.72. The molecule has 1 unspecified atom stereocenters. The van der Waals surface area contributed by atoms with Crippen LogP contribution in [0.15, 0.2) is 42.5 Å². The van der Waals surface area contributed by atoms with Gasteiger partial charge in [-0.15, -0.1) is 0 Å². The van der Waals surface area contributed by atoms with E-state index < -0.39 is 0 Å². The summed E-state index contributed by atoms with van der Waals surface area (Å²) in [7, 11) is 1.66. The normalized spacial score (nSPS) is 12.2. The van der Waals surface area contributed by atoms with Gasteiger partial charge >= 0.3 is 0 Å². The van der Waals surface area contributed by atoms with Crippen molar-refractivity contribution >= 4 is 0 Å². The summed E-state index contributed by atoms with van der Waals surface area (Å²) in [6.07, 6.45) is 0.